The van der Waals surface area contributed by atoms with Gasteiger partial charge >= 0.3 is 0 Å². The molecule has 0 aromatic rings. The van der Waals surface area contributed by atoms with Crippen molar-refractivity contribution in [2.75, 3.05) is 26.2 Å². The van der Waals surface area contributed by atoms with Crippen molar-refractivity contribution in [3.63, 3.8) is 0 Å². The van der Waals surface area contributed by atoms with Gasteiger partial charge < -0.3 is 10.0 Å². The minimum Gasteiger partial charge on any atom is -0.389 e. The van der Waals surface area contributed by atoms with Gasteiger partial charge in [0.2, 0.25) is 5.91 Å². The molecule has 1 fully saturated rings. The Morgan fingerprint density at radius 1 is 1.50 bits per heavy atom. The van der Waals surface area contributed by atoms with Gasteiger partial charge in [0.1, 0.15) is 0 Å². The standard InChI is InChI=1S/C12H24N2O2/c1-5-13(6-2)11(15)10(3)14-8-7-12(4,16)9-14/h10,16H,5-9H2,1-4H3. The summed E-state index contributed by atoms with van der Waals surface area (Å²) >= 11 is 0. The molecule has 1 aliphatic heterocycles. The molecule has 16 heavy (non-hydrogen) atoms. The maximum absolute atomic E-state index is 12.1. The maximum atomic E-state index is 12.1. The Bertz CT molecular complexity index is 249. The summed E-state index contributed by atoms with van der Waals surface area (Å²) in [6.45, 7) is 10.7. The summed E-state index contributed by atoms with van der Waals surface area (Å²) in [4.78, 5) is 16.0. The van der Waals surface area contributed by atoms with Gasteiger partial charge in [-0.1, -0.05) is 0 Å². The third-order valence-corrected chi connectivity index (χ3v) is 3.46. The van der Waals surface area contributed by atoms with Crippen LogP contribution >= 0.6 is 0 Å². The summed E-state index contributed by atoms with van der Waals surface area (Å²) < 4.78 is 0. The molecule has 1 amide bonds. The monoisotopic (exact) mass is 228 g/mol. The van der Waals surface area contributed by atoms with Gasteiger partial charge in [-0.3, -0.25) is 9.69 Å². The molecular formula is C12H24N2O2. The predicted octanol–water partition coefficient (Wildman–Crippen LogP) is 0.700. The molecule has 94 valence electrons. The SMILES string of the molecule is CCN(CC)C(=O)C(C)N1CCC(C)(O)C1. The Morgan fingerprint density at radius 2 is 2.06 bits per heavy atom. The first-order chi connectivity index (χ1) is 7.41. The summed E-state index contributed by atoms with van der Waals surface area (Å²) in [7, 11) is 0. The van der Waals surface area contributed by atoms with Crippen LogP contribution in [0.1, 0.15) is 34.1 Å². The molecule has 0 aliphatic carbocycles. The number of likely N-dealkylation sites (N-methyl/N-ethyl adjacent to an activating group) is 1. The lowest BCUT2D eigenvalue weighted by molar-refractivity contribution is -0.135. The Morgan fingerprint density at radius 3 is 2.44 bits per heavy atom. The number of amides is 1. The van der Waals surface area contributed by atoms with Crippen molar-refractivity contribution in [1.82, 2.24) is 9.80 Å². The van der Waals surface area contributed by atoms with E-state index in [2.05, 4.69) is 4.90 Å². The second-order valence-electron chi connectivity index (χ2n) is 4.90. The second kappa shape index (κ2) is 5.15. The van der Waals surface area contributed by atoms with E-state index in [-0.39, 0.29) is 11.9 Å². The first kappa shape index (κ1) is 13.5. The van der Waals surface area contributed by atoms with Crippen LogP contribution in [0.3, 0.4) is 0 Å². The zero-order valence-electron chi connectivity index (χ0n) is 10.9. The van der Waals surface area contributed by atoms with Gasteiger partial charge in [-0.15, -0.1) is 0 Å². The smallest absolute Gasteiger partial charge is 0.239 e. The number of aliphatic hydroxyl groups is 1. The van der Waals surface area contributed by atoms with E-state index in [1.165, 1.54) is 0 Å². The van der Waals surface area contributed by atoms with Crippen LogP contribution in [0, 0.1) is 0 Å². The minimum atomic E-state index is -0.627. The predicted molar refractivity (Wildman–Crippen MR) is 64.2 cm³/mol. The molecule has 4 heteroatoms. The normalized spacial score (nSPS) is 28.1. The van der Waals surface area contributed by atoms with Crippen molar-refractivity contribution in [2.45, 2.75) is 45.8 Å². The first-order valence-corrected chi connectivity index (χ1v) is 6.16. The Hall–Kier alpha value is -0.610. The number of carbonyl (C=O) groups excluding carboxylic acids is 1. The number of nitrogens with zero attached hydrogens (tertiary/aromatic N) is 2. The average molecular weight is 228 g/mol. The second-order valence-corrected chi connectivity index (χ2v) is 4.90. The van der Waals surface area contributed by atoms with Crippen LogP contribution in [0.15, 0.2) is 0 Å². The molecule has 1 N–H and O–H groups in total. The van der Waals surface area contributed by atoms with E-state index in [9.17, 15) is 9.90 Å². The van der Waals surface area contributed by atoms with E-state index in [0.29, 0.717) is 6.54 Å². The van der Waals surface area contributed by atoms with Crippen LogP contribution in [0.2, 0.25) is 0 Å². The van der Waals surface area contributed by atoms with Gasteiger partial charge in [-0.05, 0) is 34.1 Å². The highest BCUT2D eigenvalue weighted by atomic mass is 16.3. The fourth-order valence-electron chi connectivity index (χ4n) is 2.27. The van der Waals surface area contributed by atoms with Gasteiger partial charge in [0, 0.05) is 26.2 Å². The van der Waals surface area contributed by atoms with Gasteiger partial charge in [0.05, 0.1) is 11.6 Å². The lowest BCUT2D eigenvalue weighted by Crippen LogP contribution is -2.47. The molecule has 0 aromatic heterocycles. The van der Waals surface area contributed by atoms with Crippen LogP contribution in [0.4, 0.5) is 0 Å². The summed E-state index contributed by atoms with van der Waals surface area (Å²) in [6.07, 6.45) is 0.753. The molecule has 0 aromatic carbocycles. The molecule has 2 atom stereocenters. The van der Waals surface area contributed by atoms with Crippen LogP contribution in [0.5, 0.6) is 0 Å². The number of likely N-dealkylation sites (tertiary alicyclic amines) is 1. The summed E-state index contributed by atoms with van der Waals surface area (Å²) in [5.74, 6) is 0.169. The molecule has 4 nitrogen and oxygen atoms in total. The van der Waals surface area contributed by atoms with Crippen molar-refractivity contribution in [3.8, 4) is 0 Å². The van der Waals surface area contributed by atoms with E-state index in [4.69, 9.17) is 0 Å². The fraction of sp³-hybridized carbons (Fsp3) is 0.917. The summed E-state index contributed by atoms with van der Waals surface area (Å²) in [5.41, 5.74) is -0.627. The molecule has 0 radical (unpaired) electrons. The van der Waals surface area contributed by atoms with Crippen LogP contribution in [0.25, 0.3) is 0 Å². The average Bonchev–Trinajstić information content (AvgIpc) is 2.59. The van der Waals surface area contributed by atoms with E-state index in [0.717, 1.165) is 26.1 Å². The fourth-order valence-corrected chi connectivity index (χ4v) is 2.27. The lowest BCUT2D eigenvalue weighted by Gasteiger charge is -2.29. The topological polar surface area (TPSA) is 43.8 Å². The molecule has 1 heterocycles. The minimum absolute atomic E-state index is 0.117. The molecule has 0 saturated carbocycles. The van der Waals surface area contributed by atoms with Crippen molar-refractivity contribution in [1.29, 1.82) is 0 Å². The summed E-state index contributed by atoms with van der Waals surface area (Å²) in [5, 5.41) is 9.88. The number of rotatable bonds is 4. The largest absolute Gasteiger partial charge is 0.389 e. The van der Waals surface area contributed by atoms with Gasteiger partial charge in [-0.25, -0.2) is 0 Å². The van der Waals surface area contributed by atoms with Gasteiger partial charge in [0.15, 0.2) is 0 Å². The molecule has 1 rings (SSSR count). The van der Waals surface area contributed by atoms with Crippen molar-refractivity contribution < 1.29 is 9.90 Å². The maximum Gasteiger partial charge on any atom is 0.239 e. The van der Waals surface area contributed by atoms with Gasteiger partial charge in [0.25, 0.3) is 0 Å². The van der Waals surface area contributed by atoms with E-state index >= 15 is 0 Å². The highest BCUT2D eigenvalue weighted by Crippen LogP contribution is 2.22. The summed E-state index contributed by atoms with van der Waals surface area (Å²) in [6, 6.07) is -0.117. The Kier molecular flexibility index (Phi) is 4.33. The van der Waals surface area contributed by atoms with E-state index < -0.39 is 5.60 Å². The Balaban J connectivity index is 2.58. The van der Waals surface area contributed by atoms with Crippen LogP contribution in [-0.2, 0) is 4.79 Å². The highest BCUT2D eigenvalue weighted by molar-refractivity contribution is 5.81. The van der Waals surface area contributed by atoms with E-state index in [1.807, 2.05) is 32.6 Å². The number of β-amino-alcohol motifs (C(OH)–C–C–N with tert-alkyl or cyclic N) is 1. The molecular weight excluding hydrogens is 204 g/mol. The molecule has 2 unspecified atom stereocenters. The zero-order valence-corrected chi connectivity index (χ0v) is 10.9. The third kappa shape index (κ3) is 2.95. The lowest BCUT2D eigenvalue weighted by atomic mass is 10.1. The molecule has 0 bridgehead atoms. The number of hydrogen-bond donors (Lipinski definition) is 1. The van der Waals surface area contributed by atoms with Crippen molar-refractivity contribution in [2.24, 2.45) is 0 Å². The number of carbonyl (C=O) groups is 1. The zero-order chi connectivity index (χ0) is 12.3. The van der Waals surface area contributed by atoms with Gasteiger partial charge in [-0.2, -0.15) is 0 Å². The Labute approximate surface area is 98.2 Å². The van der Waals surface area contributed by atoms with E-state index in [1.54, 1.807) is 0 Å². The molecule has 1 saturated heterocycles. The number of hydrogen-bond acceptors (Lipinski definition) is 3. The third-order valence-electron chi connectivity index (χ3n) is 3.46. The van der Waals surface area contributed by atoms with Crippen molar-refractivity contribution >= 4 is 5.91 Å². The van der Waals surface area contributed by atoms with Crippen LogP contribution in [-0.4, -0.2) is 58.6 Å². The molecule has 0 spiro atoms. The quantitative estimate of drug-likeness (QED) is 0.770. The first-order valence-electron chi connectivity index (χ1n) is 6.16. The highest BCUT2D eigenvalue weighted by Gasteiger charge is 2.36. The van der Waals surface area contributed by atoms with Crippen molar-refractivity contribution in [3.05, 3.63) is 0 Å². The molecule has 1 aliphatic rings. The van der Waals surface area contributed by atoms with Crippen LogP contribution < -0.4 is 0 Å².